The van der Waals surface area contributed by atoms with Crippen LogP contribution < -0.4 is 5.32 Å². The average molecular weight is 569 g/mol. The van der Waals surface area contributed by atoms with Crippen LogP contribution in [0, 0.1) is 0 Å². The lowest BCUT2D eigenvalue weighted by Gasteiger charge is -2.31. The fourth-order valence-corrected chi connectivity index (χ4v) is 6.38. The number of nitrogens with zero attached hydrogens (tertiary/aromatic N) is 3. The monoisotopic (exact) mass is 568 g/mol. The van der Waals surface area contributed by atoms with Crippen LogP contribution >= 0.6 is 0 Å². The molecule has 0 unspecified atom stereocenters. The summed E-state index contributed by atoms with van der Waals surface area (Å²) in [7, 11) is 0. The smallest absolute Gasteiger partial charge is 0.407 e. The minimum atomic E-state index is -0.939. The lowest BCUT2D eigenvalue weighted by atomic mass is 9.90. The van der Waals surface area contributed by atoms with E-state index in [1.165, 1.54) is 35.3 Å². The molecule has 2 aliphatic heterocycles. The third kappa shape index (κ3) is 8.20. The molecule has 2 atom stereocenters. The van der Waals surface area contributed by atoms with Crippen molar-refractivity contribution >= 4 is 12.0 Å². The van der Waals surface area contributed by atoms with E-state index >= 15 is 0 Å². The van der Waals surface area contributed by atoms with Gasteiger partial charge in [0, 0.05) is 44.7 Å². The Bertz CT molecular complexity index is 1210. The van der Waals surface area contributed by atoms with Crippen LogP contribution in [0.4, 0.5) is 4.79 Å². The van der Waals surface area contributed by atoms with Crippen molar-refractivity contribution in [2.24, 2.45) is 0 Å². The molecule has 3 aromatic carbocycles. The van der Waals surface area contributed by atoms with Crippen molar-refractivity contribution in [1.29, 1.82) is 0 Å². The van der Waals surface area contributed by atoms with Gasteiger partial charge in [-0.2, -0.15) is 0 Å². The molecule has 2 saturated heterocycles. The lowest BCUT2D eigenvalue weighted by Crippen LogP contribution is -2.51. The van der Waals surface area contributed by atoms with Crippen LogP contribution in [-0.2, 0) is 11.3 Å². The van der Waals surface area contributed by atoms with Crippen LogP contribution in [0.25, 0.3) is 0 Å². The summed E-state index contributed by atoms with van der Waals surface area (Å²) in [6, 6.07) is 30.1. The number of likely N-dealkylation sites (tertiary alicyclic amines) is 1. The molecule has 0 aromatic heterocycles. The van der Waals surface area contributed by atoms with Gasteiger partial charge in [0.1, 0.15) is 0 Å². The van der Waals surface area contributed by atoms with Crippen LogP contribution in [0.2, 0.25) is 0 Å². The normalized spacial score (nSPS) is 19.9. The van der Waals surface area contributed by atoms with E-state index in [-0.39, 0.29) is 23.9 Å². The molecule has 42 heavy (non-hydrogen) atoms. The number of hydrogen-bond donors (Lipinski definition) is 2. The molecule has 7 heteroatoms. The third-order valence-corrected chi connectivity index (χ3v) is 8.71. The predicted octanol–water partition coefficient (Wildman–Crippen LogP) is 5.43. The van der Waals surface area contributed by atoms with Crippen molar-refractivity contribution in [2.45, 2.75) is 56.7 Å². The number of hydrogen-bond acceptors (Lipinski definition) is 4. The maximum absolute atomic E-state index is 14.2. The van der Waals surface area contributed by atoms with Crippen LogP contribution in [0.1, 0.15) is 54.7 Å². The second-order valence-corrected chi connectivity index (χ2v) is 11.7. The largest absolute Gasteiger partial charge is 0.465 e. The van der Waals surface area contributed by atoms with Gasteiger partial charge >= 0.3 is 6.09 Å². The molecule has 3 aromatic rings. The fourth-order valence-electron chi connectivity index (χ4n) is 6.38. The molecule has 0 spiro atoms. The number of rotatable bonds is 11. The summed E-state index contributed by atoms with van der Waals surface area (Å²) in [5, 5.41) is 13.7. The first-order chi connectivity index (χ1) is 20.6. The fraction of sp³-hybridized carbons (Fsp3) is 0.429. The Labute approximate surface area is 250 Å². The van der Waals surface area contributed by atoms with Crippen LogP contribution in [-0.4, -0.2) is 83.2 Å². The second kappa shape index (κ2) is 15.0. The highest BCUT2D eigenvalue weighted by Gasteiger charge is 2.34. The van der Waals surface area contributed by atoms with Crippen molar-refractivity contribution in [3.8, 4) is 0 Å². The molecule has 0 bridgehead atoms. The Morgan fingerprint density at radius 2 is 1.45 bits per heavy atom. The summed E-state index contributed by atoms with van der Waals surface area (Å²) in [5.41, 5.74) is 3.34. The second-order valence-electron chi connectivity index (χ2n) is 11.7. The molecule has 222 valence electrons. The Balaban J connectivity index is 1.35. The molecule has 2 N–H and O–H groups in total. The van der Waals surface area contributed by atoms with Gasteiger partial charge < -0.3 is 25.1 Å². The summed E-state index contributed by atoms with van der Waals surface area (Å²) in [6.45, 7) is 4.89. The summed E-state index contributed by atoms with van der Waals surface area (Å²) < 4.78 is 0. The SMILES string of the molecule is O=C(O)N(Cc1ccccc1)C[C@@H]1CCN(CC(c2ccccc2)c2ccccc2)C(=O)[C@H](CCN2CCCCC2)N1. The molecule has 2 fully saturated rings. The highest BCUT2D eigenvalue weighted by atomic mass is 16.4. The van der Waals surface area contributed by atoms with E-state index in [0.29, 0.717) is 32.6 Å². The maximum atomic E-state index is 14.2. The van der Waals surface area contributed by atoms with Gasteiger partial charge in [-0.05, 0) is 55.5 Å². The summed E-state index contributed by atoms with van der Waals surface area (Å²) >= 11 is 0. The zero-order chi connectivity index (χ0) is 29.1. The van der Waals surface area contributed by atoms with E-state index in [2.05, 4.69) is 58.7 Å². The van der Waals surface area contributed by atoms with Crippen LogP contribution in [0.15, 0.2) is 91.0 Å². The number of carbonyl (C=O) groups is 2. The zero-order valence-electron chi connectivity index (χ0n) is 24.5. The third-order valence-electron chi connectivity index (χ3n) is 8.71. The van der Waals surface area contributed by atoms with Gasteiger partial charge in [0.15, 0.2) is 0 Å². The highest BCUT2D eigenvalue weighted by Crippen LogP contribution is 2.27. The summed E-state index contributed by atoms with van der Waals surface area (Å²) in [5.74, 6) is 0.181. The van der Waals surface area contributed by atoms with Gasteiger partial charge in [-0.15, -0.1) is 0 Å². The number of benzene rings is 3. The molecule has 0 radical (unpaired) electrons. The van der Waals surface area contributed by atoms with E-state index in [0.717, 1.165) is 31.6 Å². The van der Waals surface area contributed by atoms with Crippen LogP contribution in [0.3, 0.4) is 0 Å². The van der Waals surface area contributed by atoms with E-state index in [1.54, 1.807) is 0 Å². The van der Waals surface area contributed by atoms with Gasteiger partial charge in [0.2, 0.25) is 5.91 Å². The predicted molar refractivity (Wildman–Crippen MR) is 166 cm³/mol. The van der Waals surface area contributed by atoms with E-state index < -0.39 is 6.09 Å². The number of carboxylic acid groups (broad SMARTS) is 1. The standard InChI is InChI=1S/C35H44N4O3/c40-34-33(20-23-37-21-11-4-12-22-37)36-31(26-39(35(41)42)25-28-13-5-1-6-14-28)19-24-38(34)27-32(29-15-7-2-8-16-29)30-17-9-3-10-18-30/h1-3,5-10,13-18,31-33,36H,4,11-12,19-27H2,(H,41,42)/t31-,33-/m0/s1. The van der Waals surface area contributed by atoms with E-state index in [9.17, 15) is 14.7 Å². The average Bonchev–Trinajstić information content (AvgIpc) is 3.18. The molecule has 0 saturated carbocycles. The molecular formula is C35H44N4O3. The molecule has 7 nitrogen and oxygen atoms in total. The van der Waals surface area contributed by atoms with Gasteiger partial charge in [0.05, 0.1) is 6.04 Å². The zero-order valence-corrected chi connectivity index (χ0v) is 24.5. The molecular weight excluding hydrogens is 524 g/mol. The Hall–Kier alpha value is -3.68. The molecule has 2 aliphatic rings. The Kier molecular flexibility index (Phi) is 10.6. The topological polar surface area (TPSA) is 76.1 Å². The molecule has 5 rings (SSSR count). The van der Waals surface area contributed by atoms with Crippen molar-refractivity contribution < 1.29 is 14.7 Å². The minimum Gasteiger partial charge on any atom is -0.465 e. The van der Waals surface area contributed by atoms with Crippen molar-refractivity contribution in [2.75, 3.05) is 39.3 Å². The van der Waals surface area contributed by atoms with Gasteiger partial charge in [-0.25, -0.2) is 4.79 Å². The summed E-state index contributed by atoms with van der Waals surface area (Å²) in [6.07, 6.45) is 4.18. The minimum absolute atomic E-state index is 0.0595. The molecule has 2 amide bonds. The molecule has 0 aliphatic carbocycles. The number of piperidine rings is 1. The first kappa shape index (κ1) is 29.8. The van der Waals surface area contributed by atoms with Gasteiger partial charge in [-0.3, -0.25) is 4.79 Å². The maximum Gasteiger partial charge on any atom is 0.407 e. The number of amides is 2. The quantitative estimate of drug-likeness (QED) is 0.323. The first-order valence-corrected chi connectivity index (χ1v) is 15.5. The van der Waals surface area contributed by atoms with Gasteiger partial charge in [-0.1, -0.05) is 97.4 Å². The Morgan fingerprint density at radius 1 is 0.857 bits per heavy atom. The summed E-state index contributed by atoms with van der Waals surface area (Å²) in [4.78, 5) is 32.4. The van der Waals surface area contributed by atoms with Crippen LogP contribution in [0.5, 0.6) is 0 Å². The number of nitrogens with one attached hydrogen (secondary N) is 1. The lowest BCUT2D eigenvalue weighted by molar-refractivity contribution is -0.133. The first-order valence-electron chi connectivity index (χ1n) is 15.5. The highest BCUT2D eigenvalue weighted by molar-refractivity contribution is 5.82. The number of carbonyl (C=O) groups excluding carboxylic acids is 1. The van der Waals surface area contributed by atoms with Crippen molar-refractivity contribution in [3.63, 3.8) is 0 Å². The van der Waals surface area contributed by atoms with E-state index in [4.69, 9.17) is 0 Å². The van der Waals surface area contributed by atoms with Gasteiger partial charge in [0.25, 0.3) is 0 Å². The Morgan fingerprint density at radius 3 is 2.05 bits per heavy atom. The van der Waals surface area contributed by atoms with Crippen molar-refractivity contribution in [3.05, 3.63) is 108 Å². The van der Waals surface area contributed by atoms with Crippen molar-refractivity contribution in [1.82, 2.24) is 20.0 Å². The van der Waals surface area contributed by atoms with E-state index in [1.807, 2.05) is 47.4 Å². The molecule has 2 heterocycles.